The predicted octanol–water partition coefficient (Wildman–Crippen LogP) is 3.10. The zero-order valence-corrected chi connectivity index (χ0v) is 15.9. The Morgan fingerprint density at radius 3 is 2.82 bits per heavy atom. The van der Waals surface area contributed by atoms with E-state index in [1.807, 2.05) is 43.3 Å². The topological polar surface area (TPSA) is 73.2 Å². The van der Waals surface area contributed by atoms with E-state index < -0.39 is 0 Å². The summed E-state index contributed by atoms with van der Waals surface area (Å²) in [5.41, 5.74) is 1.32. The number of amides is 1. The highest BCUT2D eigenvalue weighted by Gasteiger charge is 2.25. The maximum absolute atomic E-state index is 12.9. The van der Waals surface area contributed by atoms with Gasteiger partial charge in [-0.3, -0.25) is 14.2 Å². The van der Waals surface area contributed by atoms with E-state index in [1.165, 1.54) is 4.57 Å². The first-order valence-electron chi connectivity index (χ1n) is 9.66. The molecule has 6 heteroatoms. The molecule has 0 aliphatic heterocycles. The SMILES string of the molecule is CCOc1ccc2ccccc2c1C(=O)NCCn1cnc(C2CC2)cc1=O. The van der Waals surface area contributed by atoms with Crippen molar-refractivity contribution >= 4 is 16.7 Å². The van der Waals surface area contributed by atoms with Crippen LogP contribution in [0.1, 0.15) is 41.7 Å². The van der Waals surface area contributed by atoms with Gasteiger partial charge in [0.05, 0.1) is 24.2 Å². The molecule has 1 aromatic heterocycles. The Morgan fingerprint density at radius 1 is 1.25 bits per heavy atom. The molecule has 4 rings (SSSR count). The number of fused-ring (bicyclic) bond motifs is 1. The molecule has 1 saturated carbocycles. The van der Waals surface area contributed by atoms with Crippen LogP contribution in [0.4, 0.5) is 0 Å². The van der Waals surface area contributed by atoms with Crippen molar-refractivity contribution in [2.75, 3.05) is 13.2 Å². The molecule has 3 aromatic rings. The summed E-state index contributed by atoms with van der Waals surface area (Å²) in [4.78, 5) is 29.5. The van der Waals surface area contributed by atoms with Gasteiger partial charge in [-0.25, -0.2) is 4.98 Å². The van der Waals surface area contributed by atoms with Crippen molar-refractivity contribution in [3.63, 3.8) is 0 Å². The fourth-order valence-corrected chi connectivity index (χ4v) is 3.35. The molecular formula is C22H23N3O3. The Balaban J connectivity index is 1.49. The van der Waals surface area contributed by atoms with Gasteiger partial charge >= 0.3 is 0 Å². The lowest BCUT2D eigenvalue weighted by atomic mass is 10.0. The molecule has 1 aliphatic rings. The van der Waals surface area contributed by atoms with Crippen LogP contribution in [0, 0.1) is 0 Å². The van der Waals surface area contributed by atoms with Crippen LogP contribution < -0.4 is 15.6 Å². The van der Waals surface area contributed by atoms with Gasteiger partial charge in [-0.05, 0) is 36.6 Å². The number of hydrogen-bond acceptors (Lipinski definition) is 4. The number of nitrogens with one attached hydrogen (secondary N) is 1. The number of carbonyl (C=O) groups is 1. The first-order chi connectivity index (χ1) is 13.7. The van der Waals surface area contributed by atoms with Crippen molar-refractivity contribution in [1.82, 2.24) is 14.9 Å². The molecule has 0 unspecified atom stereocenters. The lowest BCUT2D eigenvalue weighted by Crippen LogP contribution is -2.31. The Bertz CT molecular complexity index is 1070. The summed E-state index contributed by atoms with van der Waals surface area (Å²) in [6.45, 7) is 3.07. The number of carbonyl (C=O) groups excluding carboxylic acids is 1. The second kappa shape index (κ2) is 7.84. The maximum Gasteiger partial charge on any atom is 0.255 e. The van der Waals surface area contributed by atoms with Crippen LogP contribution in [0.25, 0.3) is 10.8 Å². The van der Waals surface area contributed by atoms with E-state index in [9.17, 15) is 9.59 Å². The zero-order valence-electron chi connectivity index (χ0n) is 15.9. The van der Waals surface area contributed by atoms with E-state index in [0.29, 0.717) is 36.9 Å². The molecule has 0 radical (unpaired) electrons. The van der Waals surface area contributed by atoms with E-state index >= 15 is 0 Å². The molecule has 0 saturated heterocycles. The number of rotatable bonds is 7. The molecule has 6 nitrogen and oxygen atoms in total. The molecule has 144 valence electrons. The molecule has 1 heterocycles. The smallest absolute Gasteiger partial charge is 0.255 e. The third-order valence-electron chi connectivity index (χ3n) is 4.95. The predicted molar refractivity (Wildman–Crippen MR) is 108 cm³/mol. The fraction of sp³-hybridized carbons (Fsp3) is 0.318. The summed E-state index contributed by atoms with van der Waals surface area (Å²) in [6.07, 6.45) is 3.80. The average molecular weight is 377 g/mol. The first-order valence-corrected chi connectivity index (χ1v) is 9.66. The number of nitrogens with zero attached hydrogens (tertiary/aromatic N) is 2. The van der Waals surface area contributed by atoms with E-state index in [0.717, 1.165) is 29.3 Å². The van der Waals surface area contributed by atoms with Crippen LogP contribution in [0.5, 0.6) is 5.75 Å². The molecule has 0 atom stereocenters. The van der Waals surface area contributed by atoms with Crippen molar-refractivity contribution in [2.24, 2.45) is 0 Å². The van der Waals surface area contributed by atoms with Crippen LogP contribution in [0.2, 0.25) is 0 Å². The third-order valence-corrected chi connectivity index (χ3v) is 4.95. The summed E-state index contributed by atoms with van der Waals surface area (Å²) >= 11 is 0. The van der Waals surface area contributed by atoms with Gasteiger partial charge in [-0.1, -0.05) is 30.3 Å². The van der Waals surface area contributed by atoms with E-state index in [4.69, 9.17) is 4.74 Å². The Morgan fingerprint density at radius 2 is 2.07 bits per heavy atom. The van der Waals surface area contributed by atoms with Crippen molar-refractivity contribution < 1.29 is 9.53 Å². The summed E-state index contributed by atoms with van der Waals surface area (Å²) in [7, 11) is 0. The molecule has 1 N–H and O–H groups in total. The van der Waals surface area contributed by atoms with Gasteiger partial charge < -0.3 is 10.1 Å². The molecule has 1 aliphatic carbocycles. The third kappa shape index (κ3) is 3.76. The zero-order chi connectivity index (χ0) is 19.5. The first kappa shape index (κ1) is 18.2. The standard InChI is InChI=1S/C22H23N3O3/c1-2-28-19-10-9-15-5-3-4-6-17(15)21(19)22(27)23-11-12-25-14-24-18(13-20(25)26)16-7-8-16/h3-6,9-10,13-14,16H,2,7-8,11-12H2,1H3,(H,23,27). The van der Waals surface area contributed by atoms with Crippen LogP contribution in [0.15, 0.2) is 53.6 Å². The number of aromatic nitrogens is 2. The quantitative estimate of drug-likeness (QED) is 0.687. The summed E-state index contributed by atoms with van der Waals surface area (Å²) in [5, 5.41) is 4.73. The molecule has 1 fully saturated rings. The van der Waals surface area contributed by atoms with Crippen molar-refractivity contribution in [1.29, 1.82) is 0 Å². The van der Waals surface area contributed by atoms with Gasteiger partial charge in [-0.2, -0.15) is 0 Å². The van der Waals surface area contributed by atoms with Crippen molar-refractivity contribution in [3.8, 4) is 5.75 Å². The van der Waals surface area contributed by atoms with Gasteiger partial charge in [0.1, 0.15) is 5.75 Å². The molecule has 0 bridgehead atoms. The average Bonchev–Trinajstić information content (AvgIpc) is 3.54. The fourth-order valence-electron chi connectivity index (χ4n) is 3.35. The minimum Gasteiger partial charge on any atom is -0.493 e. The van der Waals surface area contributed by atoms with Gasteiger partial charge in [0.25, 0.3) is 11.5 Å². The van der Waals surface area contributed by atoms with Gasteiger partial charge in [0, 0.05) is 25.1 Å². The van der Waals surface area contributed by atoms with Gasteiger partial charge in [0.2, 0.25) is 0 Å². The Labute approximate surface area is 163 Å². The van der Waals surface area contributed by atoms with Gasteiger partial charge in [-0.15, -0.1) is 0 Å². The number of hydrogen-bond donors (Lipinski definition) is 1. The van der Waals surface area contributed by atoms with E-state index in [1.54, 1.807) is 12.4 Å². The van der Waals surface area contributed by atoms with Gasteiger partial charge in [0.15, 0.2) is 0 Å². The summed E-state index contributed by atoms with van der Waals surface area (Å²) in [6, 6.07) is 13.1. The highest BCUT2D eigenvalue weighted by atomic mass is 16.5. The largest absolute Gasteiger partial charge is 0.493 e. The van der Waals surface area contributed by atoms with Crippen molar-refractivity contribution in [3.05, 3.63) is 70.4 Å². The Hall–Kier alpha value is -3.15. The second-order valence-electron chi connectivity index (χ2n) is 6.97. The maximum atomic E-state index is 12.9. The lowest BCUT2D eigenvalue weighted by molar-refractivity contribution is 0.0950. The van der Waals surface area contributed by atoms with Crippen LogP contribution >= 0.6 is 0 Å². The molecule has 0 spiro atoms. The highest BCUT2D eigenvalue weighted by Crippen LogP contribution is 2.38. The van der Waals surface area contributed by atoms with E-state index in [2.05, 4.69) is 10.3 Å². The second-order valence-corrected chi connectivity index (χ2v) is 6.97. The van der Waals surface area contributed by atoms with Crippen molar-refractivity contribution in [2.45, 2.75) is 32.2 Å². The monoisotopic (exact) mass is 377 g/mol. The Kier molecular flexibility index (Phi) is 5.10. The molecule has 28 heavy (non-hydrogen) atoms. The van der Waals surface area contributed by atoms with Crippen LogP contribution in [0.3, 0.4) is 0 Å². The molecular weight excluding hydrogens is 354 g/mol. The minimum atomic E-state index is -0.212. The summed E-state index contributed by atoms with van der Waals surface area (Å²) in [5.74, 6) is 0.799. The summed E-state index contributed by atoms with van der Waals surface area (Å²) < 4.78 is 7.19. The number of ether oxygens (including phenoxy) is 1. The molecule has 2 aromatic carbocycles. The minimum absolute atomic E-state index is 0.0775. The number of benzene rings is 2. The normalized spacial score (nSPS) is 13.5. The lowest BCUT2D eigenvalue weighted by Gasteiger charge is -2.14. The van der Waals surface area contributed by atoms with Crippen LogP contribution in [-0.2, 0) is 6.54 Å². The van der Waals surface area contributed by atoms with E-state index in [-0.39, 0.29) is 11.5 Å². The highest BCUT2D eigenvalue weighted by molar-refractivity contribution is 6.09. The van der Waals surface area contributed by atoms with Crippen LogP contribution in [-0.4, -0.2) is 28.6 Å². The molecule has 1 amide bonds.